The molecule has 0 spiro atoms. The number of rotatable bonds is 3. The summed E-state index contributed by atoms with van der Waals surface area (Å²) in [5, 5.41) is 11.0. The predicted octanol–water partition coefficient (Wildman–Crippen LogP) is 5.17. The molecule has 0 aliphatic carbocycles. The summed E-state index contributed by atoms with van der Waals surface area (Å²) in [4.78, 5) is 0. The Labute approximate surface area is 129 Å². The fourth-order valence-corrected chi connectivity index (χ4v) is 2.55. The lowest BCUT2D eigenvalue weighted by molar-refractivity contribution is 0.178. The molecule has 1 unspecified atom stereocenters. The van der Waals surface area contributed by atoms with Crippen LogP contribution in [-0.2, 0) is 6.42 Å². The van der Waals surface area contributed by atoms with E-state index in [9.17, 15) is 9.50 Å². The van der Waals surface area contributed by atoms with Crippen LogP contribution in [0.2, 0.25) is 10.0 Å². The minimum absolute atomic E-state index is 0.317. The average Bonchev–Trinajstić information content (AvgIpc) is 2.38. The molecule has 1 N–H and O–H groups in total. The molecule has 0 saturated carbocycles. The lowest BCUT2D eigenvalue weighted by atomic mass is 10.0. The van der Waals surface area contributed by atoms with Crippen molar-refractivity contribution < 1.29 is 9.50 Å². The van der Waals surface area contributed by atoms with Crippen molar-refractivity contribution in [1.29, 1.82) is 0 Å². The molecule has 1 nitrogen and oxygen atoms in total. The monoisotopic (exact) mass is 362 g/mol. The van der Waals surface area contributed by atoms with Crippen LogP contribution < -0.4 is 0 Å². The lowest BCUT2D eigenvalue weighted by Gasteiger charge is -2.13. The van der Waals surface area contributed by atoms with Gasteiger partial charge in [-0.25, -0.2) is 4.39 Å². The normalized spacial score (nSPS) is 12.5. The summed E-state index contributed by atoms with van der Waals surface area (Å²) in [6, 6.07) is 9.67. The van der Waals surface area contributed by atoms with Gasteiger partial charge in [0.25, 0.3) is 0 Å². The molecule has 0 bridgehead atoms. The Kier molecular flexibility index (Phi) is 4.85. The summed E-state index contributed by atoms with van der Waals surface area (Å²) in [6.07, 6.45) is -0.454. The van der Waals surface area contributed by atoms with E-state index < -0.39 is 6.10 Å². The van der Waals surface area contributed by atoms with E-state index in [1.165, 1.54) is 6.07 Å². The Hall–Kier alpha value is -0.610. The number of halogens is 4. The number of benzene rings is 2. The second-order valence-corrected chi connectivity index (χ2v) is 5.75. The highest BCUT2D eigenvalue weighted by molar-refractivity contribution is 9.10. The molecule has 0 amide bonds. The van der Waals surface area contributed by atoms with Crippen molar-refractivity contribution >= 4 is 39.1 Å². The van der Waals surface area contributed by atoms with E-state index in [0.717, 1.165) is 5.56 Å². The summed E-state index contributed by atoms with van der Waals surface area (Å²) in [5.41, 5.74) is 1.37. The van der Waals surface area contributed by atoms with Gasteiger partial charge in [0.2, 0.25) is 0 Å². The van der Waals surface area contributed by atoms with Gasteiger partial charge >= 0.3 is 0 Å². The van der Waals surface area contributed by atoms with Gasteiger partial charge in [-0.2, -0.15) is 0 Å². The third-order valence-corrected chi connectivity index (χ3v) is 4.24. The molecule has 1 atom stereocenters. The molecule has 100 valence electrons. The molecule has 0 aromatic heterocycles. The Balaban J connectivity index is 2.23. The number of hydrogen-bond donors (Lipinski definition) is 1. The number of hydrogen-bond acceptors (Lipinski definition) is 1. The molecule has 2 rings (SSSR count). The fourth-order valence-electron chi connectivity index (χ4n) is 1.75. The maximum Gasteiger partial charge on any atom is 0.137 e. The maximum atomic E-state index is 13.1. The first-order valence-corrected chi connectivity index (χ1v) is 7.10. The summed E-state index contributed by atoms with van der Waals surface area (Å²) in [5.74, 6) is -0.364. The van der Waals surface area contributed by atoms with Gasteiger partial charge in [0.05, 0.1) is 20.6 Å². The quantitative estimate of drug-likeness (QED) is 0.797. The zero-order chi connectivity index (χ0) is 14.0. The minimum Gasteiger partial charge on any atom is -0.388 e. The third-order valence-electron chi connectivity index (χ3n) is 2.77. The molecular weight excluding hydrogens is 354 g/mol. The smallest absolute Gasteiger partial charge is 0.137 e. The molecule has 0 radical (unpaired) electrons. The van der Waals surface area contributed by atoms with E-state index in [0.29, 0.717) is 26.5 Å². The number of aliphatic hydroxyl groups is 1. The van der Waals surface area contributed by atoms with Gasteiger partial charge in [0.15, 0.2) is 0 Å². The van der Waals surface area contributed by atoms with E-state index in [1.807, 2.05) is 0 Å². The standard InChI is InChI=1S/C14H10BrCl2FO/c15-10-6-8(4-5-12(10)18)13(19)7-9-2-1-3-11(16)14(9)17/h1-6,13,19H,7H2. The van der Waals surface area contributed by atoms with Crippen LogP contribution in [0.1, 0.15) is 17.2 Å². The topological polar surface area (TPSA) is 20.2 Å². The Morgan fingerprint density at radius 3 is 2.63 bits per heavy atom. The average molecular weight is 364 g/mol. The molecule has 19 heavy (non-hydrogen) atoms. The molecule has 0 aliphatic rings. The molecule has 0 heterocycles. The van der Waals surface area contributed by atoms with Crippen molar-refractivity contribution in [2.24, 2.45) is 0 Å². The van der Waals surface area contributed by atoms with Gasteiger partial charge in [0, 0.05) is 6.42 Å². The Morgan fingerprint density at radius 2 is 1.95 bits per heavy atom. The van der Waals surface area contributed by atoms with Crippen molar-refractivity contribution in [3.8, 4) is 0 Å². The number of aliphatic hydroxyl groups excluding tert-OH is 1. The van der Waals surface area contributed by atoms with Gasteiger partial charge in [-0.3, -0.25) is 0 Å². The Morgan fingerprint density at radius 1 is 1.21 bits per heavy atom. The van der Waals surface area contributed by atoms with Crippen LogP contribution >= 0.6 is 39.1 Å². The van der Waals surface area contributed by atoms with Crippen LogP contribution in [0.25, 0.3) is 0 Å². The molecule has 0 fully saturated rings. The molecule has 2 aromatic rings. The van der Waals surface area contributed by atoms with Crippen molar-refractivity contribution in [1.82, 2.24) is 0 Å². The van der Waals surface area contributed by atoms with Crippen molar-refractivity contribution in [2.75, 3.05) is 0 Å². The van der Waals surface area contributed by atoms with Gasteiger partial charge < -0.3 is 5.11 Å². The second kappa shape index (κ2) is 6.23. The van der Waals surface area contributed by atoms with Crippen LogP contribution in [-0.4, -0.2) is 5.11 Å². The first-order valence-electron chi connectivity index (χ1n) is 5.55. The van der Waals surface area contributed by atoms with Crippen LogP contribution in [0.4, 0.5) is 4.39 Å². The highest BCUT2D eigenvalue weighted by Crippen LogP contribution is 2.30. The van der Waals surface area contributed by atoms with Gasteiger partial charge in [0.1, 0.15) is 5.82 Å². The van der Waals surface area contributed by atoms with E-state index in [2.05, 4.69) is 15.9 Å². The van der Waals surface area contributed by atoms with Crippen LogP contribution in [0.5, 0.6) is 0 Å². The molecular formula is C14H10BrCl2FO. The van der Waals surface area contributed by atoms with Crippen molar-refractivity contribution in [2.45, 2.75) is 12.5 Å². The van der Waals surface area contributed by atoms with Crippen LogP contribution in [0, 0.1) is 5.82 Å². The zero-order valence-electron chi connectivity index (χ0n) is 9.71. The van der Waals surface area contributed by atoms with Gasteiger partial charge in [-0.15, -0.1) is 0 Å². The summed E-state index contributed by atoms with van der Waals surface area (Å²) >= 11 is 15.1. The summed E-state index contributed by atoms with van der Waals surface area (Å²) in [6.45, 7) is 0. The molecule has 5 heteroatoms. The lowest BCUT2D eigenvalue weighted by Crippen LogP contribution is -2.03. The van der Waals surface area contributed by atoms with Gasteiger partial charge in [-0.1, -0.05) is 41.4 Å². The van der Waals surface area contributed by atoms with E-state index in [-0.39, 0.29) is 5.82 Å². The fraction of sp³-hybridized carbons (Fsp3) is 0.143. The SMILES string of the molecule is OC(Cc1cccc(Cl)c1Cl)c1ccc(F)c(Br)c1. The van der Waals surface area contributed by atoms with Crippen molar-refractivity contribution in [3.05, 3.63) is 67.9 Å². The van der Waals surface area contributed by atoms with Crippen LogP contribution in [0.15, 0.2) is 40.9 Å². The summed E-state index contributed by atoms with van der Waals surface area (Å²) in [7, 11) is 0. The third kappa shape index (κ3) is 3.48. The predicted molar refractivity (Wildman–Crippen MR) is 79.2 cm³/mol. The highest BCUT2D eigenvalue weighted by Gasteiger charge is 2.13. The second-order valence-electron chi connectivity index (χ2n) is 4.11. The molecule has 0 aliphatic heterocycles. The molecule has 0 saturated heterocycles. The van der Waals surface area contributed by atoms with E-state index in [1.54, 1.807) is 30.3 Å². The minimum atomic E-state index is -0.770. The summed E-state index contributed by atoms with van der Waals surface area (Å²) < 4.78 is 13.5. The van der Waals surface area contributed by atoms with E-state index in [4.69, 9.17) is 23.2 Å². The Bertz CT molecular complexity index is 604. The van der Waals surface area contributed by atoms with E-state index >= 15 is 0 Å². The zero-order valence-corrected chi connectivity index (χ0v) is 12.8. The highest BCUT2D eigenvalue weighted by atomic mass is 79.9. The van der Waals surface area contributed by atoms with Crippen LogP contribution in [0.3, 0.4) is 0 Å². The first-order chi connectivity index (χ1) is 8.99. The molecule has 2 aromatic carbocycles. The first kappa shape index (κ1) is 14.8. The maximum absolute atomic E-state index is 13.1. The van der Waals surface area contributed by atoms with Crippen molar-refractivity contribution in [3.63, 3.8) is 0 Å². The largest absolute Gasteiger partial charge is 0.388 e. The van der Waals surface area contributed by atoms with Gasteiger partial charge in [-0.05, 0) is 45.3 Å².